The largest absolute Gasteiger partial charge is 0.502 e. The number of rotatable bonds is 2. The molecule has 0 spiro atoms. The summed E-state index contributed by atoms with van der Waals surface area (Å²) < 4.78 is 5.19. The Kier molecular flexibility index (Phi) is 7.52. The van der Waals surface area contributed by atoms with E-state index in [9.17, 15) is 20.0 Å². The number of carbonyl (C=O) groups is 1. The Morgan fingerprint density at radius 3 is 2.49 bits per heavy atom. The number of nitrogens with one attached hydrogen (secondary N) is 1. The lowest BCUT2D eigenvalue weighted by Crippen LogP contribution is -2.39. The monoisotopic (exact) mass is 485 g/mol. The van der Waals surface area contributed by atoms with Crippen molar-refractivity contribution in [3.63, 3.8) is 0 Å². The van der Waals surface area contributed by atoms with Crippen LogP contribution in [-0.4, -0.2) is 37.7 Å². The van der Waals surface area contributed by atoms with Gasteiger partial charge in [-0.1, -0.05) is 33.1 Å². The molecule has 0 aliphatic heterocycles. The number of phenolic OH excluding ortho intramolecular Hbond substituents is 1. The van der Waals surface area contributed by atoms with Crippen LogP contribution in [0.15, 0.2) is 18.5 Å². The molecule has 4 N–H and O–H groups in total. The lowest BCUT2D eigenvalue weighted by molar-refractivity contribution is -0.386. The highest BCUT2D eigenvalue weighted by Crippen LogP contribution is 2.48. The van der Waals surface area contributed by atoms with Crippen LogP contribution in [0.25, 0.3) is 11.3 Å². The number of ether oxygens (including phenoxy) is 1. The van der Waals surface area contributed by atoms with Crippen LogP contribution in [0, 0.1) is 10.1 Å². The zero-order valence-corrected chi connectivity index (χ0v) is 21.1. The third-order valence-corrected chi connectivity index (χ3v) is 6.20. The molecular formula is C25H35N5O5. The molecular weight excluding hydrogens is 450 g/mol. The normalized spacial score (nSPS) is 16.7. The summed E-state index contributed by atoms with van der Waals surface area (Å²) in [7, 11) is 0. The van der Waals surface area contributed by atoms with E-state index in [1.165, 1.54) is 31.7 Å². The Hall–Kier alpha value is -3.43. The van der Waals surface area contributed by atoms with E-state index in [-0.39, 0.29) is 17.5 Å². The summed E-state index contributed by atoms with van der Waals surface area (Å²) in [5, 5.41) is 24.0. The van der Waals surface area contributed by atoms with Gasteiger partial charge < -0.3 is 20.9 Å². The number of aromatic nitrogens is 2. The fourth-order valence-corrected chi connectivity index (χ4v) is 4.75. The minimum atomic E-state index is -0.556. The summed E-state index contributed by atoms with van der Waals surface area (Å²) in [6, 6.07) is 3.29. The van der Waals surface area contributed by atoms with E-state index in [1.807, 2.05) is 34.6 Å². The molecule has 190 valence electrons. The molecule has 1 aromatic heterocycles. The molecule has 0 bridgehead atoms. The van der Waals surface area contributed by atoms with Crippen LogP contribution in [0.5, 0.6) is 5.75 Å². The minimum absolute atomic E-state index is 0.261. The van der Waals surface area contributed by atoms with Gasteiger partial charge in [0.05, 0.1) is 10.6 Å². The topological polar surface area (TPSA) is 154 Å². The number of nitrogens with two attached hydrogens (primary N) is 1. The molecule has 0 atom stereocenters. The number of nitrogens with zero attached hydrogens (tertiary/aromatic N) is 3. The molecule has 2 aliphatic rings. The highest BCUT2D eigenvalue weighted by atomic mass is 16.6. The number of nitro benzene ring substituents is 1. The number of carbonyl (C=O) groups excluding carboxylic acids is 1. The molecule has 10 nitrogen and oxygen atoms in total. The first-order valence-electron chi connectivity index (χ1n) is 11.9. The third-order valence-electron chi connectivity index (χ3n) is 6.20. The van der Waals surface area contributed by atoms with Gasteiger partial charge in [-0.05, 0) is 57.6 Å². The molecule has 4 rings (SSSR count). The fraction of sp³-hybridized carbons (Fsp3) is 0.560. The van der Waals surface area contributed by atoms with Gasteiger partial charge in [-0.25, -0.2) is 14.8 Å². The quantitative estimate of drug-likeness (QED) is 0.396. The first-order valence-corrected chi connectivity index (χ1v) is 11.9. The summed E-state index contributed by atoms with van der Waals surface area (Å²) in [4.78, 5) is 30.4. The highest BCUT2D eigenvalue weighted by molar-refractivity contribution is 5.80. The van der Waals surface area contributed by atoms with Crippen LogP contribution < -0.4 is 11.1 Å². The van der Waals surface area contributed by atoms with Crippen LogP contribution in [0.1, 0.15) is 77.8 Å². The van der Waals surface area contributed by atoms with E-state index in [0.29, 0.717) is 35.1 Å². The summed E-state index contributed by atoms with van der Waals surface area (Å²) in [5.41, 5.74) is 7.36. The van der Waals surface area contributed by atoms with Gasteiger partial charge in [0.2, 0.25) is 0 Å². The second kappa shape index (κ2) is 10.1. The van der Waals surface area contributed by atoms with Crippen molar-refractivity contribution in [1.29, 1.82) is 0 Å². The molecule has 2 aromatic rings. The second-order valence-corrected chi connectivity index (χ2v) is 10.7. The number of aromatic hydroxyl groups is 1. The molecule has 35 heavy (non-hydrogen) atoms. The number of alkyl carbamates (subject to hydrolysis) is 1. The van der Waals surface area contributed by atoms with E-state index in [1.54, 1.807) is 6.07 Å². The summed E-state index contributed by atoms with van der Waals surface area (Å²) >= 11 is 0. The first kappa shape index (κ1) is 26.2. The van der Waals surface area contributed by atoms with Crippen molar-refractivity contribution in [2.75, 3.05) is 5.73 Å². The summed E-state index contributed by atoms with van der Waals surface area (Å²) in [6.07, 6.45) is 7.39. The standard InChI is InChI=1S/C14H14N4O3.C11H21NO2/c1-14(2)5-8-7(3-4-9(19)12(8)18(20)21)11-10(14)13(15)17-6-16-11;1-11(2,3)14-10(13)12-9-7-5-4-6-8-9/h3-4,6,19H,5H2,1-2H3,(H2,15,16,17);9H,4-8H2,1-3H3,(H,12,13). The van der Waals surface area contributed by atoms with E-state index in [0.717, 1.165) is 18.4 Å². The maximum Gasteiger partial charge on any atom is 0.407 e. The Balaban J connectivity index is 0.000000214. The van der Waals surface area contributed by atoms with Gasteiger partial charge in [0, 0.05) is 22.7 Å². The van der Waals surface area contributed by atoms with Crippen molar-refractivity contribution >= 4 is 17.6 Å². The van der Waals surface area contributed by atoms with Crippen LogP contribution in [0.2, 0.25) is 0 Å². The zero-order chi connectivity index (χ0) is 26.0. The summed E-state index contributed by atoms with van der Waals surface area (Å²) in [6.45, 7) is 9.51. The van der Waals surface area contributed by atoms with Crippen molar-refractivity contribution in [2.45, 2.75) is 90.2 Å². The number of nitrogen functional groups attached to an aromatic ring is 1. The van der Waals surface area contributed by atoms with Gasteiger partial charge in [-0.15, -0.1) is 0 Å². The maximum atomic E-state index is 11.4. The van der Waals surface area contributed by atoms with E-state index in [4.69, 9.17) is 10.5 Å². The molecule has 0 unspecified atom stereocenters. The van der Waals surface area contributed by atoms with Crippen molar-refractivity contribution < 1.29 is 19.6 Å². The SMILES string of the molecule is CC(C)(C)OC(=O)NC1CCCCC1.CC1(C)Cc2c(ccc(O)c2[N+](=O)[O-])-c2ncnc(N)c21. The molecule has 10 heteroatoms. The number of hydrogen-bond donors (Lipinski definition) is 3. The summed E-state index contributed by atoms with van der Waals surface area (Å²) in [5.74, 6) is 0.0476. The van der Waals surface area contributed by atoms with Crippen molar-refractivity contribution in [2.24, 2.45) is 0 Å². The highest BCUT2D eigenvalue weighted by Gasteiger charge is 2.39. The predicted octanol–water partition coefficient (Wildman–Crippen LogP) is 5.02. The van der Waals surface area contributed by atoms with Gasteiger partial charge >= 0.3 is 11.8 Å². The Morgan fingerprint density at radius 2 is 1.89 bits per heavy atom. The van der Waals surface area contributed by atoms with Crippen LogP contribution >= 0.6 is 0 Å². The molecule has 0 radical (unpaired) electrons. The van der Waals surface area contributed by atoms with Gasteiger partial charge in [0.15, 0.2) is 5.75 Å². The third kappa shape index (κ3) is 6.17. The van der Waals surface area contributed by atoms with Crippen LogP contribution in [0.4, 0.5) is 16.3 Å². The van der Waals surface area contributed by atoms with Gasteiger partial charge in [0.25, 0.3) is 0 Å². The molecule has 0 saturated heterocycles. The van der Waals surface area contributed by atoms with Gasteiger partial charge in [-0.3, -0.25) is 10.1 Å². The zero-order valence-electron chi connectivity index (χ0n) is 21.1. The number of anilines is 1. The molecule has 1 amide bonds. The number of benzene rings is 1. The van der Waals surface area contributed by atoms with Gasteiger partial charge in [-0.2, -0.15) is 0 Å². The molecule has 1 fully saturated rings. The number of amides is 1. The number of phenols is 1. The smallest absolute Gasteiger partial charge is 0.407 e. The average Bonchev–Trinajstić information content (AvgIpc) is 2.72. The number of fused-ring (bicyclic) bond motifs is 3. The van der Waals surface area contributed by atoms with E-state index in [2.05, 4.69) is 15.3 Å². The fourth-order valence-electron chi connectivity index (χ4n) is 4.75. The maximum absolute atomic E-state index is 11.4. The Bertz CT molecular complexity index is 1100. The Morgan fingerprint density at radius 1 is 1.23 bits per heavy atom. The van der Waals surface area contributed by atoms with E-state index < -0.39 is 15.9 Å². The average molecular weight is 486 g/mol. The van der Waals surface area contributed by atoms with E-state index >= 15 is 0 Å². The van der Waals surface area contributed by atoms with Crippen molar-refractivity contribution in [1.82, 2.24) is 15.3 Å². The molecule has 1 heterocycles. The Labute approximate surface area is 205 Å². The number of nitro groups is 1. The lowest BCUT2D eigenvalue weighted by Gasteiger charge is -2.33. The van der Waals surface area contributed by atoms with Crippen molar-refractivity contribution in [3.05, 3.63) is 39.7 Å². The minimum Gasteiger partial charge on any atom is -0.502 e. The van der Waals surface area contributed by atoms with Gasteiger partial charge in [0.1, 0.15) is 17.7 Å². The van der Waals surface area contributed by atoms with Crippen molar-refractivity contribution in [3.8, 4) is 17.0 Å². The molecule has 1 aromatic carbocycles. The lowest BCUT2D eigenvalue weighted by atomic mass is 9.71. The first-order chi connectivity index (χ1) is 16.3. The number of hydrogen-bond acceptors (Lipinski definition) is 8. The predicted molar refractivity (Wildman–Crippen MR) is 133 cm³/mol. The van der Waals surface area contributed by atoms with Crippen LogP contribution in [0.3, 0.4) is 0 Å². The molecule has 2 aliphatic carbocycles. The second-order valence-electron chi connectivity index (χ2n) is 10.7. The molecule has 1 saturated carbocycles. The van der Waals surface area contributed by atoms with Crippen LogP contribution in [-0.2, 0) is 16.6 Å².